The second kappa shape index (κ2) is 8.22. The zero-order chi connectivity index (χ0) is 20.2. The largest absolute Gasteiger partial charge is 0.497 e. The molecule has 4 rings (SSSR count). The average Bonchev–Trinajstić information content (AvgIpc) is 2.89. The van der Waals surface area contributed by atoms with Gasteiger partial charge in [0.2, 0.25) is 5.88 Å². The third-order valence-corrected chi connectivity index (χ3v) is 4.70. The van der Waals surface area contributed by atoms with Gasteiger partial charge in [-0.3, -0.25) is 4.79 Å². The summed E-state index contributed by atoms with van der Waals surface area (Å²) in [4.78, 5) is 19.4. The molecule has 0 saturated carbocycles. The van der Waals surface area contributed by atoms with Gasteiger partial charge in [0, 0.05) is 11.4 Å². The molecule has 1 atom stereocenters. The van der Waals surface area contributed by atoms with Crippen molar-refractivity contribution in [3.05, 3.63) is 78.0 Å². The van der Waals surface area contributed by atoms with Gasteiger partial charge in [0.15, 0.2) is 6.10 Å². The summed E-state index contributed by atoms with van der Waals surface area (Å²) in [5.41, 5.74) is 1.99. The van der Waals surface area contributed by atoms with Crippen molar-refractivity contribution in [2.24, 2.45) is 0 Å². The van der Waals surface area contributed by atoms with E-state index in [1.807, 2.05) is 67.6 Å². The van der Waals surface area contributed by atoms with Gasteiger partial charge in [-0.25, -0.2) is 4.98 Å². The zero-order valence-electron chi connectivity index (χ0n) is 16.4. The van der Waals surface area contributed by atoms with Gasteiger partial charge >= 0.3 is 0 Å². The van der Waals surface area contributed by atoms with Crippen LogP contribution in [0.15, 0.2) is 66.7 Å². The molecule has 6 nitrogen and oxygen atoms in total. The number of nitrogens with zero attached hydrogens (tertiary/aromatic N) is 2. The number of pyridine rings is 1. The smallest absolute Gasteiger partial charge is 0.263 e. The van der Waals surface area contributed by atoms with Gasteiger partial charge in [-0.15, -0.1) is 0 Å². The topological polar surface area (TPSA) is 60.9 Å². The fraction of sp³-hybridized carbons (Fsp3) is 0.217. The van der Waals surface area contributed by atoms with E-state index in [2.05, 4.69) is 4.98 Å². The summed E-state index contributed by atoms with van der Waals surface area (Å²) in [6, 6.07) is 20.5. The van der Waals surface area contributed by atoms with Crippen molar-refractivity contribution in [3.63, 3.8) is 0 Å². The van der Waals surface area contributed by atoms with Crippen molar-refractivity contribution < 1.29 is 19.0 Å². The van der Waals surface area contributed by atoms with Crippen LogP contribution in [0.4, 0.5) is 5.69 Å². The number of benzene rings is 2. The number of aryl methyl sites for hydroxylation is 1. The predicted octanol–water partition coefficient (Wildman–Crippen LogP) is 3.89. The van der Waals surface area contributed by atoms with Gasteiger partial charge in [-0.1, -0.05) is 18.2 Å². The minimum absolute atomic E-state index is 0.153. The maximum absolute atomic E-state index is 13.3. The Bertz CT molecular complexity index is 990. The molecule has 6 heteroatoms. The molecule has 1 amide bonds. The zero-order valence-corrected chi connectivity index (χ0v) is 16.4. The number of anilines is 1. The van der Waals surface area contributed by atoms with Crippen molar-refractivity contribution in [3.8, 4) is 17.4 Å². The number of hydrogen-bond acceptors (Lipinski definition) is 5. The van der Waals surface area contributed by atoms with E-state index in [1.54, 1.807) is 18.1 Å². The lowest BCUT2D eigenvalue weighted by molar-refractivity contribution is 0.0980. The van der Waals surface area contributed by atoms with Gasteiger partial charge in [-0.05, 0) is 55.5 Å². The highest BCUT2D eigenvalue weighted by Gasteiger charge is 2.31. The Hall–Kier alpha value is -3.54. The van der Waals surface area contributed by atoms with E-state index in [9.17, 15) is 4.79 Å². The Labute approximate surface area is 169 Å². The van der Waals surface area contributed by atoms with Crippen LogP contribution in [0, 0.1) is 6.92 Å². The van der Waals surface area contributed by atoms with Gasteiger partial charge in [0.25, 0.3) is 5.91 Å². The highest BCUT2D eigenvalue weighted by Crippen LogP contribution is 2.28. The summed E-state index contributed by atoms with van der Waals surface area (Å²) >= 11 is 0. The lowest BCUT2D eigenvalue weighted by atomic mass is 10.2. The normalized spacial score (nSPS) is 15.9. The molecule has 3 aromatic rings. The average molecular weight is 390 g/mol. The Kier molecular flexibility index (Phi) is 5.33. The molecule has 0 bridgehead atoms. The van der Waals surface area contributed by atoms with Crippen LogP contribution >= 0.6 is 0 Å². The summed E-state index contributed by atoms with van der Waals surface area (Å²) in [5, 5.41) is 0. The highest BCUT2D eigenvalue weighted by atomic mass is 16.5. The SMILES string of the molecule is COc1ccc(N2CC(COc3ccccc3)Oc3nc(C)ccc3C2=O)cc1. The van der Waals surface area contributed by atoms with Crippen molar-refractivity contribution in [2.45, 2.75) is 13.0 Å². The lowest BCUT2D eigenvalue weighted by Gasteiger charge is -2.24. The fourth-order valence-corrected chi connectivity index (χ4v) is 3.19. The molecule has 29 heavy (non-hydrogen) atoms. The third-order valence-electron chi connectivity index (χ3n) is 4.70. The van der Waals surface area contributed by atoms with Gasteiger partial charge in [-0.2, -0.15) is 0 Å². The van der Waals surface area contributed by atoms with Crippen LogP contribution in [-0.2, 0) is 0 Å². The monoisotopic (exact) mass is 390 g/mol. The molecular weight excluding hydrogens is 368 g/mol. The molecule has 0 radical (unpaired) electrons. The third kappa shape index (κ3) is 4.16. The number of hydrogen-bond donors (Lipinski definition) is 0. The maximum Gasteiger partial charge on any atom is 0.263 e. The number of ether oxygens (including phenoxy) is 3. The van der Waals surface area contributed by atoms with E-state index in [0.29, 0.717) is 24.6 Å². The number of rotatable bonds is 5. The number of para-hydroxylation sites is 1. The first-order valence-electron chi connectivity index (χ1n) is 9.42. The number of aromatic nitrogens is 1. The predicted molar refractivity (Wildman–Crippen MR) is 110 cm³/mol. The molecular formula is C23H22N2O4. The number of amides is 1. The van der Waals surface area contributed by atoms with E-state index in [1.165, 1.54) is 0 Å². The first kappa shape index (κ1) is 18.8. The summed E-state index contributed by atoms with van der Waals surface area (Å²) < 4.78 is 17.2. The first-order chi connectivity index (χ1) is 14.1. The lowest BCUT2D eigenvalue weighted by Crippen LogP contribution is -2.40. The summed E-state index contributed by atoms with van der Waals surface area (Å²) in [5.74, 6) is 1.67. The van der Waals surface area contributed by atoms with E-state index in [0.717, 1.165) is 22.9 Å². The molecule has 1 aromatic heterocycles. The quantitative estimate of drug-likeness (QED) is 0.662. The van der Waals surface area contributed by atoms with Crippen molar-refractivity contribution in [1.82, 2.24) is 4.98 Å². The summed E-state index contributed by atoms with van der Waals surface area (Å²) in [6.45, 7) is 2.50. The van der Waals surface area contributed by atoms with Crippen molar-refractivity contribution in [1.29, 1.82) is 0 Å². The number of methoxy groups -OCH3 is 1. The van der Waals surface area contributed by atoms with E-state index in [4.69, 9.17) is 14.2 Å². The van der Waals surface area contributed by atoms with E-state index < -0.39 is 0 Å². The van der Waals surface area contributed by atoms with Gasteiger partial charge < -0.3 is 19.1 Å². The van der Waals surface area contributed by atoms with E-state index >= 15 is 0 Å². The Morgan fingerprint density at radius 1 is 1.03 bits per heavy atom. The first-order valence-corrected chi connectivity index (χ1v) is 9.42. The van der Waals surface area contributed by atoms with Crippen LogP contribution in [-0.4, -0.2) is 37.3 Å². The Morgan fingerprint density at radius 2 is 1.79 bits per heavy atom. The van der Waals surface area contributed by atoms with Crippen LogP contribution in [0.1, 0.15) is 16.1 Å². The molecule has 2 heterocycles. The van der Waals surface area contributed by atoms with Crippen LogP contribution in [0.2, 0.25) is 0 Å². The number of fused-ring (bicyclic) bond motifs is 1. The van der Waals surface area contributed by atoms with Crippen LogP contribution in [0.5, 0.6) is 17.4 Å². The minimum atomic E-state index is -0.378. The molecule has 1 aliphatic rings. The fourth-order valence-electron chi connectivity index (χ4n) is 3.19. The second-order valence-corrected chi connectivity index (χ2v) is 6.78. The standard InChI is InChI=1S/C23H22N2O4/c1-16-8-13-21-22(24-16)29-20(15-28-19-6-4-3-5-7-19)14-25(23(21)26)17-9-11-18(27-2)12-10-17/h3-13,20H,14-15H2,1-2H3. The molecule has 1 unspecified atom stereocenters. The highest BCUT2D eigenvalue weighted by molar-refractivity contribution is 6.08. The van der Waals surface area contributed by atoms with E-state index in [-0.39, 0.29) is 12.0 Å². The van der Waals surface area contributed by atoms with Crippen LogP contribution < -0.4 is 19.1 Å². The maximum atomic E-state index is 13.3. The summed E-state index contributed by atoms with van der Waals surface area (Å²) in [7, 11) is 1.61. The molecule has 0 aliphatic carbocycles. The number of carbonyl (C=O) groups is 1. The molecule has 0 fully saturated rings. The Morgan fingerprint density at radius 3 is 2.52 bits per heavy atom. The molecule has 2 aromatic carbocycles. The molecule has 148 valence electrons. The van der Waals surface area contributed by atoms with Crippen LogP contribution in [0.25, 0.3) is 0 Å². The van der Waals surface area contributed by atoms with Gasteiger partial charge in [0.1, 0.15) is 23.7 Å². The van der Waals surface area contributed by atoms with Gasteiger partial charge in [0.05, 0.1) is 13.7 Å². The minimum Gasteiger partial charge on any atom is -0.497 e. The van der Waals surface area contributed by atoms with Crippen LogP contribution in [0.3, 0.4) is 0 Å². The second-order valence-electron chi connectivity index (χ2n) is 6.78. The summed E-state index contributed by atoms with van der Waals surface area (Å²) in [6.07, 6.45) is -0.378. The van der Waals surface area contributed by atoms with Crippen molar-refractivity contribution in [2.75, 3.05) is 25.2 Å². The molecule has 1 aliphatic heterocycles. The molecule has 0 N–H and O–H groups in total. The number of carbonyl (C=O) groups excluding carboxylic acids is 1. The molecule has 0 saturated heterocycles. The van der Waals surface area contributed by atoms with Crippen molar-refractivity contribution >= 4 is 11.6 Å². The Balaban J connectivity index is 1.64. The molecule has 0 spiro atoms.